The number of nitrogens with one attached hydrogen (secondary N) is 1. The summed E-state index contributed by atoms with van der Waals surface area (Å²) in [6.07, 6.45) is 2.57. The zero-order valence-electron chi connectivity index (χ0n) is 9.03. The molecule has 0 spiro atoms. The van der Waals surface area contributed by atoms with Gasteiger partial charge in [-0.3, -0.25) is 0 Å². The number of sulfonamides is 1. The van der Waals surface area contributed by atoms with Crippen LogP contribution >= 0.6 is 0 Å². The lowest BCUT2D eigenvalue weighted by atomic mass is 10.4. The number of nitrogens with two attached hydrogens (primary N) is 1. The topological polar surface area (TPSA) is 77.1 Å². The van der Waals surface area contributed by atoms with Crippen LogP contribution in [0.4, 0.5) is 0 Å². The van der Waals surface area contributed by atoms with Crippen molar-refractivity contribution in [2.45, 2.75) is 24.8 Å². The second-order valence-corrected chi connectivity index (χ2v) is 5.06. The summed E-state index contributed by atoms with van der Waals surface area (Å²) in [5.41, 5.74) is 0.910. The number of nitrogens with zero attached hydrogens (tertiary/aromatic N) is 1. The molecule has 0 amide bonds. The molecular weight excluding hydrogens is 214 g/mol. The first-order valence-electron chi connectivity index (χ1n) is 4.84. The lowest BCUT2D eigenvalue weighted by Gasteiger charge is -2.03. The van der Waals surface area contributed by atoms with Gasteiger partial charge in [0, 0.05) is 25.5 Å². The van der Waals surface area contributed by atoms with Crippen LogP contribution in [-0.2, 0) is 23.6 Å². The quantitative estimate of drug-likeness (QED) is 0.709. The van der Waals surface area contributed by atoms with Crippen LogP contribution in [0.3, 0.4) is 0 Å². The van der Waals surface area contributed by atoms with E-state index in [9.17, 15) is 8.42 Å². The SMILES string of the molecule is CCCNCc1cc(S(N)(=O)=O)cn1C. The molecule has 0 aliphatic carbocycles. The van der Waals surface area contributed by atoms with Gasteiger partial charge in [-0.15, -0.1) is 0 Å². The minimum atomic E-state index is -3.58. The van der Waals surface area contributed by atoms with Crippen molar-refractivity contribution in [1.82, 2.24) is 9.88 Å². The molecule has 0 unspecified atom stereocenters. The van der Waals surface area contributed by atoms with Crippen LogP contribution in [0, 0.1) is 0 Å². The van der Waals surface area contributed by atoms with E-state index in [2.05, 4.69) is 12.2 Å². The molecule has 5 nitrogen and oxygen atoms in total. The molecule has 0 aromatic carbocycles. The van der Waals surface area contributed by atoms with Crippen molar-refractivity contribution in [2.75, 3.05) is 6.54 Å². The van der Waals surface area contributed by atoms with Gasteiger partial charge in [0.1, 0.15) is 0 Å². The first-order valence-corrected chi connectivity index (χ1v) is 6.38. The lowest BCUT2D eigenvalue weighted by Crippen LogP contribution is -2.15. The van der Waals surface area contributed by atoms with Gasteiger partial charge in [0.2, 0.25) is 10.0 Å². The Morgan fingerprint density at radius 1 is 1.53 bits per heavy atom. The van der Waals surface area contributed by atoms with Gasteiger partial charge in [-0.05, 0) is 19.0 Å². The second kappa shape index (κ2) is 4.78. The minimum absolute atomic E-state index is 0.165. The summed E-state index contributed by atoms with van der Waals surface area (Å²) in [6.45, 7) is 3.64. The minimum Gasteiger partial charge on any atom is -0.352 e. The second-order valence-electron chi connectivity index (χ2n) is 3.50. The van der Waals surface area contributed by atoms with E-state index < -0.39 is 10.0 Å². The number of primary sulfonamides is 1. The van der Waals surface area contributed by atoms with E-state index in [1.807, 2.05) is 0 Å². The van der Waals surface area contributed by atoms with Crippen LogP contribution in [0.25, 0.3) is 0 Å². The Morgan fingerprint density at radius 3 is 2.67 bits per heavy atom. The molecule has 0 radical (unpaired) electrons. The molecule has 6 heteroatoms. The van der Waals surface area contributed by atoms with Crippen LogP contribution in [0.2, 0.25) is 0 Å². The molecule has 1 aromatic heterocycles. The Labute approximate surface area is 90.3 Å². The van der Waals surface area contributed by atoms with Gasteiger partial charge in [0.15, 0.2) is 0 Å². The third kappa shape index (κ3) is 3.33. The third-order valence-electron chi connectivity index (χ3n) is 2.14. The fraction of sp³-hybridized carbons (Fsp3) is 0.556. The summed E-state index contributed by atoms with van der Waals surface area (Å²) in [5.74, 6) is 0. The lowest BCUT2D eigenvalue weighted by molar-refractivity contribution is 0.597. The third-order valence-corrected chi connectivity index (χ3v) is 3.02. The van der Waals surface area contributed by atoms with Crippen molar-refractivity contribution in [3.05, 3.63) is 18.0 Å². The summed E-state index contributed by atoms with van der Waals surface area (Å²) in [4.78, 5) is 0.165. The van der Waals surface area contributed by atoms with E-state index >= 15 is 0 Å². The smallest absolute Gasteiger partial charge is 0.239 e. The maximum atomic E-state index is 11.1. The highest BCUT2D eigenvalue weighted by Crippen LogP contribution is 2.11. The van der Waals surface area contributed by atoms with E-state index in [0.29, 0.717) is 6.54 Å². The average molecular weight is 231 g/mol. The maximum Gasteiger partial charge on any atom is 0.239 e. The Kier molecular flexibility index (Phi) is 3.90. The molecule has 15 heavy (non-hydrogen) atoms. The molecule has 0 saturated heterocycles. The van der Waals surface area contributed by atoms with Crippen LogP contribution in [0.5, 0.6) is 0 Å². The summed E-state index contributed by atoms with van der Waals surface area (Å²) in [7, 11) is -1.78. The van der Waals surface area contributed by atoms with Crippen LogP contribution in [0.1, 0.15) is 19.0 Å². The van der Waals surface area contributed by atoms with Crippen LogP contribution in [0.15, 0.2) is 17.2 Å². The van der Waals surface area contributed by atoms with E-state index in [1.165, 1.54) is 6.20 Å². The molecule has 0 aliphatic heterocycles. The van der Waals surface area contributed by atoms with Gasteiger partial charge >= 0.3 is 0 Å². The summed E-state index contributed by atoms with van der Waals surface area (Å²) < 4.78 is 23.9. The fourth-order valence-electron chi connectivity index (χ4n) is 1.30. The molecule has 1 heterocycles. The van der Waals surface area contributed by atoms with Gasteiger partial charge in [-0.2, -0.15) is 0 Å². The largest absolute Gasteiger partial charge is 0.352 e. The highest BCUT2D eigenvalue weighted by Gasteiger charge is 2.11. The normalized spacial score (nSPS) is 11.9. The zero-order valence-corrected chi connectivity index (χ0v) is 9.84. The average Bonchev–Trinajstić information content (AvgIpc) is 2.48. The predicted molar refractivity (Wildman–Crippen MR) is 58.8 cm³/mol. The molecule has 0 fully saturated rings. The summed E-state index contributed by atoms with van der Waals surface area (Å²) in [6, 6.07) is 1.60. The Bertz CT molecular complexity index is 423. The molecule has 1 aromatic rings. The van der Waals surface area contributed by atoms with Gasteiger partial charge in [0.25, 0.3) is 0 Å². The van der Waals surface area contributed by atoms with Crippen molar-refractivity contribution in [1.29, 1.82) is 0 Å². The number of hydrogen-bond acceptors (Lipinski definition) is 3. The van der Waals surface area contributed by atoms with E-state index in [4.69, 9.17) is 5.14 Å². The molecule has 0 bridgehead atoms. The monoisotopic (exact) mass is 231 g/mol. The molecule has 0 atom stereocenters. The number of hydrogen-bond donors (Lipinski definition) is 2. The molecule has 0 aliphatic rings. The van der Waals surface area contributed by atoms with Crippen molar-refractivity contribution >= 4 is 10.0 Å². The van der Waals surface area contributed by atoms with Crippen LogP contribution in [-0.4, -0.2) is 19.5 Å². The Morgan fingerprint density at radius 2 is 2.20 bits per heavy atom. The highest BCUT2D eigenvalue weighted by atomic mass is 32.2. The fourth-order valence-corrected chi connectivity index (χ4v) is 1.91. The van der Waals surface area contributed by atoms with E-state index in [-0.39, 0.29) is 4.90 Å². The number of aromatic nitrogens is 1. The van der Waals surface area contributed by atoms with Gasteiger partial charge in [-0.25, -0.2) is 13.6 Å². The molecule has 1 rings (SSSR count). The Balaban J connectivity index is 2.78. The first-order chi connectivity index (χ1) is 6.95. The van der Waals surface area contributed by atoms with Crippen molar-refractivity contribution < 1.29 is 8.42 Å². The Hall–Kier alpha value is -0.850. The van der Waals surface area contributed by atoms with Crippen molar-refractivity contribution in [2.24, 2.45) is 12.2 Å². The van der Waals surface area contributed by atoms with Gasteiger partial charge in [0.05, 0.1) is 4.90 Å². The predicted octanol–water partition coefficient (Wildman–Crippen LogP) is 0.172. The summed E-state index contributed by atoms with van der Waals surface area (Å²) in [5, 5.41) is 8.23. The summed E-state index contributed by atoms with van der Waals surface area (Å²) >= 11 is 0. The number of aryl methyl sites for hydroxylation is 1. The van der Waals surface area contributed by atoms with Gasteiger partial charge < -0.3 is 9.88 Å². The molecular formula is C9H17N3O2S. The van der Waals surface area contributed by atoms with E-state index in [1.54, 1.807) is 17.7 Å². The number of rotatable bonds is 5. The maximum absolute atomic E-state index is 11.1. The van der Waals surface area contributed by atoms with Crippen molar-refractivity contribution in [3.63, 3.8) is 0 Å². The van der Waals surface area contributed by atoms with E-state index in [0.717, 1.165) is 18.7 Å². The van der Waals surface area contributed by atoms with Crippen molar-refractivity contribution in [3.8, 4) is 0 Å². The standard InChI is InChI=1S/C9H17N3O2S/c1-3-4-11-6-8-5-9(7-12(8)2)15(10,13)14/h5,7,11H,3-4,6H2,1-2H3,(H2,10,13,14). The highest BCUT2D eigenvalue weighted by molar-refractivity contribution is 7.89. The molecule has 86 valence electrons. The van der Waals surface area contributed by atoms with Gasteiger partial charge in [-0.1, -0.05) is 6.92 Å². The van der Waals surface area contributed by atoms with Crippen LogP contribution < -0.4 is 10.5 Å². The molecule has 3 N–H and O–H groups in total. The molecule has 0 saturated carbocycles. The first kappa shape index (κ1) is 12.2. The zero-order chi connectivity index (χ0) is 11.5.